The lowest BCUT2D eigenvalue weighted by atomic mass is 10.1. The molecule has 0 amide bonds. The number of rotatable bonds is 2. The Kier molecular flexibility index (Phi) is 3.87. The van der Waals surface area contributed by atoms with Gasteiger partial charge in [-0.05, 0) is 18.2 Å². The number of carbonyl (C=O) groups excluding carboxylic acids is 1. The lowest BCUT2D eigenvalue weighted by Crippen LogP contribution is -2.10. The molecule has 0 saturated carbocycles. The van der Waals surface area contributed by atoms with E-state index in [1.807, 2.05) is 0 Å². The van der Waals surface area contributed by atoms with Crippen molar-refractivity contribution < 1.29 is 9.53 Å². The van der Waals surface area contributed by atoms with E-state index in [1.165, 1.54) is 13.4 Å². The second-order valence-electron chi connectivity index (χ2n) is 3.60. The zero-order valence-electron chi connectivity index (χ0n) is 9.85. The van der Waals surface area contributed by atoms with Gasteiger partial charge in [0.05, 0.1) is 23.5 Å². The first-order chi connectivity index (χ1) is 9.04. The van der Waals surface area contributed by atoms with Gasteiger partial charge in [0.2, 0.25) is 0 Å². The molecule has 2 N–H and O–H groups in total. The van der Waals surface area contributed by atoms with Gasteiger partial charge in [-0.3, -0.25) is 0 Å². The summed E-state index contributed by atoms with van der Waals surface area (Å²) < 4.78 is 4.59. The van der Waals surface area contributed by atoms with E-state index >= 15 is 0 Å². The van der Waals surface area contributed by atoms with Gasteiger partial charge in [-0.1, -0.05) is 23.2 Å². The highest BCUT2D eigenvalue weighted by Crippen LogP contribution is 2.33. The summed E-state index contributed by atoms with van der Waals surface area (Å²) >= 11 is 11.9. The molecule has 98 valence electrons. The summed E-state index contributed by atoms with van der Waals surface area (Å²) in [4.78, 5) is 19.4. The Hall–Kier alpha value is -1.85. The number of methoxy groups -OCH3 is 1. The monoisotopic (exact) mass is 297 g/mol. The number of nitrogen functional groups attached to an aromatic ring is 1. The highest BCUT2D eigenvalue weighted by molar-refractivity contribution is 6.36. The van der Waals surface area contributed by atoms with Crippen molar-refractivity contribution in [2.75, 3.05) is 12.8 Å². The average molecular weight is 298 g/mol. The number of anilines is 1. The molecule has 2 aromatic rings. The Morgan fingerprint density at radius 1 is 1.32 bits per heavy atom. The summed E-state index contributed by atoms with van der Waals surface area (Å²) in [5.74, 6) is -0.633. The number of halogens is 2. The summed E-state index contributed by atoms with van der Waals surface area (Å²) in [5.41, 5.74) is 6.91. The van der Waals surface area contributed by atoms with Crippen molar-refractivity contribution in [1.82, 2.24) is 9.97 Å². The molecule has 1 aromatic heterocycles. The number of carbonyl (C=O) groups is 1. The summed E-state index contributed by atoms with van der Waals surface area (Å²) in [6.45, 7) is 0. The van der Waals surface area contributed by atoms with E-state index < -0.39 is 5.97 Å². The maximum atomic E-state index is 11.5. The second kappa shape index (κ2) is 5.42. The van der Waals surface area contributed by atoms with Gasteiger partial charge in [0.15, 0.2) is 5.69 Å². The minimum Gasteiger partial charge on any atom is -0.464 e. The number of benzene rings is 1. The van der Waals surface area contributed by atoms with E-state index in [0.717, 1.165) is 0 Å². The maximum absolute atomic E-state index is 11.5. The third-order valence-electron chi connectivity index (χ3n) is 2.45. The lowest BCUT2D eigenvalue weighted by molar-refractivity contribution is 0.0595. The average Bonchev–Trinajstić information content (AvgIpc) is 2.39. The normalized spacial score (nSPS) is 10.3. The van der Waals surface area contributed by atoms with Gasteiger partial charge in [-0.2, -0.15) is 0 Å². The van der Waals surface area contributed by atoms with Crippen LogP contribution in [0.25, 0.3) is 11.3 Å². The number of nitrogens with zero attached hydrogens (tertiary/aromatic N) is 2. The molecule has 0 saturated heterocycles. The number of nitrogens with two attached hydrogens (primary N) is 1. The lowest BCUT2D eigenvalue weighted by Gasteiger charge is -2.09. The zero-order valence-corrected chi connectivity index (χ0v) is 11.4. The van der Waals surface area contributed by atoms with Crippen molar-refractivity contribution in [3.05, 3.63) is 40.3 Å². The fraction of sp³-hybridized carbons (Fsp3) is 0.0833. The van der Waals surface area contributed by atoms with E-state index in [9.17, 15) is 4.79 Å². The molecule has 7 heteroatoms. The molecule has 0 aliphatic carbocycles. The molecule has 0 unspecified atom stereocenters. The van der Waals surface area contributed by atoms with Crippen LogP contribution in [0, 0.1) is 0 Å². The zero-order chi connectivity index (χ0) is 14.0. The number of hydrogen-bond donors (Lipinski definition) is 1. The van der Waals surface area contributed by atoms with Gasteiger partial charge in [0, 0.05) is 10.6 Å². The van der Waals surface area contributed by atoms with E-state index in [4.69, 9.17) is 28.9 Å². The van der Waals surface area contributed by atoms with Crippen molar-refractivity contribution in [2.24, 2.45) is 0 Å². The van der Waals surface area contributed by atoms with E-state index in [2.05, 4.69) is 14.7 Å². The fourth-order valence-corrected chi connectivity index (χ4v) is 2.05. The van der Waals surface area contributed by atoms with Gasteiger partial charge < -0.3 is 10.5 Å². The quantitative estimate of drug-likeness (QED) is 0.862. The van der Waals surface area contributed by atoms with Crippen molar-refractivity contribution in [3.63, 3.8) is 0 Å². The molecule has 1 aromatic carbocycles. The standard InChI is InChI=1S/C12H9Cl2N3O2/c1-19-12(18)11-9(15)10(16-5-17-11)7-3-2-6(13)4-8(7)14/h2-5H,15H2,1H3. The second-order valence-corrected chi connectivity index (χ2v) is 4.44. The van der Waals surface area contributed by atoms with Crippen LogP contribution in [0.15, 0.2) is 24.5 Å². The van der Waals surface area contributed by atoms with Crippen LogP contribution in [0.2, 0.25) is 10.0 Å². The minimum atomic E-state index is -0.633. The largest absolute Gasteiger partial charge is 0.464 e. The van der Waals surface area contributed by atoms with Crippen LogP contribution in [-0.2, 0) is 4.74 Å². The molecular formula is C12H9Cl2N3O2. The first kappa shape index (κ1) is 13.6. The molecule has 0 fully saturated rings. The highest BCUT2D eigenvalue weighted by Gasteiger charge is 2.18. The van der Waals surface area contributed by atoms with Crippen LogP contribution < -0.4 is 5.73 Å². The molecular weight excluding hydrogens is 289 g/mol. The molecule has 1 heterocycles. The van der Waals surface area contributed by atoms with Crippen LogP contribution in [0.4, 0.5) is 5.69 Å². The molecule has 2 rings (SSSR count). The Labute approximate surface area is 119 Å². The van der Waals surface area contributed by atoms with Crippen LogP contribution in [0.1, 0.15) is 10.5 Å². The number of ether oxygens (including phenoxy) is 1. The Morgan fingerprint density at radius 2 is 2.05 bits per heavy atom. The van der Waals surface area contributed by atoms with Crippen molar-refractivity contribution in [1.29, 1.82) is 0 Å². The molecule has 0 aliphatic heterocycles. The van der Waals surface area contributed by atoms with Gasteiger partial charge in [-0.15, -0.1) is 0 Å². The van der Waals surface area contributed by atoms with Crippen molar-refractivity contribution in [2.45, 2.75) is 0 Å². The van der Waals surface area contributed by atoms with E-state index in [1.54, 1.807) is 18.2 Å². The van der Waals surface area contributed by atoms with Crippen molar-refractivity contribution in [3.8, 4) is 11.3 Å². The predicted molar refractivity (Wildman–Crippen MR) is 73.2 cm³/mol. The van der Waals surface area contributed by atoms with Gasteiger partial charge in [0.25, 0.3) is 0 Å². The number of hydrogen-bond acceptors (Lipinski definition) is 5. The Balaban J connectivity index is 2.60. The van der Waals surface area contributed by atoms with Crippen LogP contribution in [-0.4, -0.2) is 23.0 Å². The van der Waals surface area contributed by atoms with Gasteiger partial charge in [0.1, 0.15) is 6.33 Å². The molecule has 0 radical (unpaired) electrons. The molecule has 0 bridgehead atoms. The summed E-state index contributed by atoms with van der Waals surface area (Å²) in [6, 6.07) is 4.89. The topological polar surface area (TPSA) is 78.1 Å². The molecule has 19 heavy (non-hydrogen) atoms. The minimum absolute atomic E-state index is 0.00137. The van der Waals surface area contributed by atoms with E-state index in [-0.39, 0.29) is 11.4 Å². The fourth-order valence-electron chi connectivity index (χ4n) is 1.55. The van der Waals surface area contributed by atoms with Gasteiger partial charge in [-0.25, -0.2) is 14.8 Å². The third-order valence-corrected chi connectivity index (χ3v) is 3.00. The van der Waals surface area contributed by atoms with Crippen LogP contribution in [0.3, 0.4) is 0 Å². The Morgan fingerprint density at radius 3 is 2.68 bits per heavy atom. The van der Waals surface area contributed by atoms with Crippen LogP contribution in [0.5, 0.6) is 0 Å². The van der Waals surface area contributed by atoms with Gasteiger partial charge >= 0.3 is 5.97 Å². The van der Waals surface area contributed by atoms with Crippen molar-refractivity contribution >= 4 is 34.9 Å². The molecule has 0 spiro atoms. The molecule has 0 aliphatic rings. The molecule has 5 nitrogen and oxygen atoms in total. The number of esters is 1. The van der Waals surface area contributed by atoms with Crippen LogP contribution >= 0.6 is 23.2 Å². The Bertz CT molecular complexity index is 647. The highest BCUT2D eigenvalue weighted by atomic mass is 35.5. The summed E-state index contributed by atoms with van der Waals surface area (Å²) in [5, 5.41) is 0.878. The smallest absolute Gasteiger partial charge is 0.358 e. The number of aromatic nitrogens is 2. The molecule has 0 atom stereocenters. The van der Waals surface area contributed by atoms with E-state index in [0.29, 0.717) is 21.3 Å². The predicted octanol–water partition coefficient (Wildman–Crippen LogP) is 2.82. The maximum Gasteiger partial charge on any atom is 0.358 e. The summed E-state index contributed by atoms with van der Waals surface area (Å²) in [7, 11) is 1.25. The SMILES string of the molecule is COC(=O)c1ncnc(-c2ccc(Cl)cc2Cl)c1N. The first-order valence-electron chi connectivity index (χ1n) is 5.18. The first-order valence-corrected chi connectivity index (χ1v) is 5.94. The summed E-state index contributed by atoms with van der Waals surface area (Å²) in [6.07, 6.45) is 1.23. The third kappa shape index (κ3) is 2.62.